The Bertz CT molecular complexity index is 412. The molecule has 0 radical (unpaired) electrons. The molecule has 2 N–H and O–H groups in total. The smallest absolute Gasteiger partial charge is 0.0377 e. The standard InChI is InChI=1S/C15H24BrN3/c1-18(2)11-12-5-7-19(8-6-12)14-4-3-13(10-17)15(16)9-14/h3-4,9,12H,5-8,10-11,17H2,1-2H3. The number of anilines is 1. The second kappa shape index (κ2) is 6.73. The van der Waals surface area contributed by atoms with Gasteiger partial charge in [0, 0.05) is 36.3 Å². The van der Waals surface area contributed by atoms with Gasteiger partial charge in [-0.05, 0) is 50.6 Å². The van der Waals surface area contributed by atoms with Gasteiger partial charge >= 0.3 is 0 Å². The van der Waals surface area contributed by atoms with Crippen LogP contribution in [-0.4, -0.2) is 38.6 Å². The number of halogens is 1. The van der Waals surface area contributed by atoms with Crippen LogP contribution in [0.1, 0.15) is 18.4 Å². The number of piperidine rings is 1. The molecular weight excluding hydrogens is 302 g/mol. The molecule has 106 valence electrons. The Labute approximate surface area is 124 Å². The van der Waals surface area contributed by atoms with Crippen molar-refractivity contribution in [2.45, 2.75) is 19.4 Å². The van der Waals surface area contributed by atoms with Crippen LogP contribution in [-0.2, 0) is 6.54 Å². The minimum absolute atomic E-state index is 0.589. The fourth-order valence-corrected chi connectivity index (χ4v) is 3.32. The molecule has 1 aromatic rings. The van der Waals surface area contributed by atoms with Crippen LogP contribution in [0.15, 0.2) is 22.7 Å². The largest absolute Gasteiger partial charge is 0.371 e. The van der Waals surface area contributed by atoms with E-state index >= 15 is 0 Å². The third-order valence-electron chi connectivity index (χ3n) is 3.86. The van der Waals surface area contributed by atoms with E-state index in [0.717, 1.165) is 23.5 Å². The van der Waals surface area contributed by atoms with Crippen molar-refractivity contribution in [2.24, 2.45) is 11.7 Å². The highest BCUT2D eigenvalue weighted by Crippen LogP contribution is 2.27. The van der Waals surface area contributed by atoms with E-state index in [4.69, 9.17) is 5.73 Å². The molecule has 4 heteroatoms. The number of hydrogen-bond acceptors (Lipinski definition) is 3. The summed E-state index contributed by atoms with van der Waals surface area (Å²) in [6.07, 6.45) is 2.57. The Hall–Kier alpha value is -0.580. The summed E-state index contributed by atoms with van der Waals surface area (Å²) in [5.41, 5.74) is 8.18. The monoisotopic (exact) mass is 325 g/mol. The van der Waals surface area contributed by atoms with Gasteiger partial charge in [0.25, 0.3) is 0 Å². The maximum absolute atomic E-state index is 5.70. The molecule has 3 nitrogen and oxygen atoms in total. The third-order valence-corrected chi connectivity index (χ3v) is 4.60. The molecule has 0 spiro atoms. The highest BCUT2D eigenvalue weighted by atomic mass is 79.9. The number of nitrogens with zero attached hydrogens (tertiary/aromatic N) is 2. The zero-order valence-corrected chi connectivity index (χ0v) is 13.5. The second-order valence-electron chi connectivity index (χ2n) is 5.67. The molecule has 19 heavy (non-hydrogen) atoms. The van der Waals surface area contributed by atoms with Crippen LogP contribution in [0.25, 0.3) is 0 Å². The van der Waals surface area contributed by atoms with Gasteiger partial charge in [-0.3, -0.25) is 0 Å². The van der Waals surface area contributed by atoms with Crippen LogP contribution in [0.5, 0.6) is 0 Å². The fourth-order valence-electron chi connectivity index (χ4n) is 2.79. The van der Waals surface area contributed by atoms with Crippen LogP contribution in [0.2, 0.25) is 0 Å². The van der Waals surface area contributed by atoms with Gasteiger partial charge in [-0.15, -0.1) is 0 Å². The van der Waals surface area contributed by atoms with Crippen molar-refractivity contribution in [3.63, 3.8) is 0 Å². The molecule has 0 saturated carbocycles. The van der Waals surface area contributed by atoms with Gasteiger partial charge in [-0.2, -0.15) is 0 Å². The zero-order valence-electron chi connectivity index (χ0n) is 11.9. The van der Waals surface area contributed by atoms with Gasteiger partial charge in [0.2, 0.25) is 0 Å². The van der Waals surface area contributed by atoms with Gasteiger partial charge in [0.15, 0.2) is 0 Å². The van der Waals surface area contributed by atoms with E-state index in [-0.39, 0.29) is 0 Å². The van der Waals surface area contributed by atoms with Crippen LogP contribution in [0, 0.1) is 5.92 Å². The zero-order chi connectivity index (χ0) is 13.8. The van der Waals surface area contributed by atoms with Crippen LogP contribution < -0.4 is 10.6 Å². The van der Waals surface area contributed by atoms with E-state index < -0.39 is 0 Å². The summed E-state index contributed by atoms with van der Waals surface area (Å²) in [5.74, 6) is 0.845. The number of nitrogens with two attached hydrogens (primary N) is 1. The predicted octanol–water partition coefficient (Wildman–Crippen LogP) is 2.69. The van der Waals surface area contributed by atoms with Crippen molar-refractivity contribution in [1.82, 2.24) is 4.90 Å². The molecule has 2 rings (SSSR count). The average molecular weight is 326 g/mol. The normalized spacial score (nSPS) is 17.2. The molecule has 1 aliphatic heterocycles. The van der Waals surface area contributed by atoms with Crippen LogP contribution in [0.4, 0.5) is 5.69 Å². The minimum Gasteiger partial charge on any atom is -0.371 e. The maximum atomic E-state index is 5.70. The first-order chi connectivity index (χ1) is 9.10. The fraction of sp³-hybridized carbons (Fsp3) is 0.600. The number of benzene rings is 1. The van der Waals surface area contributed by atoms with E-state index in [1.54, 1.807) is 0 Å². The summed E-state index contributed by atoms with van der Waals surface area (Å²) in [7, 11) is 4.32. The predicted molar refractivity (Wildman–Crippen MR) is 85.5 cm³/mol. The van der Waals surface area contributed by atoms with Crippen molar-refractivity contribution < 1.29 is 0 Å². The quantitative estimate of drug-likeness (QED) is 0.923. The molecule has 1 fully saturated rings. The van der Waals surface area contributed by atoms with Gasteiger partial charge in [0.1, 0.15) is 0 Å². The summed E-state index contributed by atoms with van der Waals surface area (Å²) < 4.78 is 1.13. The maximum Gasteiger partial charge on any atom is 0.0377 e. The molecule has 1 aliphatic rings. The molecule has 1 saturated heterocycles. The molecule has 1 heterocycles. The molecule has 0 atom stereocenters. The summed E-state index contributed by atoms with van der Waals surface area (Å²) >= 11 is 3.61. The minimum atomic E-state index is 0.589. The number of rotatable bonds is 4. The highest BCUT2D eigenvalue weighted by Gasteiger charge is 2.20. The topological polar surface area (TPSA) is 32.5 Å². The van der Waals surface area contributed by atoms with Crippen LogP contribution >= 0.6 is 15.9 Å². The van der Waals surface area contributed by atoms with E-state index in [1.165, 1.54) is 30.6 Å². The summed E-state index contributed by atoms with van der Waals surface area (Å²) in [4.78, 5) is 4.78. The van der Waals surface area contributed by atoms with Gasteiger partial charge < -0.3 is 15.5 Å². The lowest BCUT2D eigenvalue weighted by molar-refractivity contribution is 0.285. The Morgan fingerprint density at radius 1 is 1.32 bits per heavy atom. The van der Waals surface area contributed by atoms with Crippen molar-refractivity contribution in [2.75, 3.05) is 38.6 Å². The summed E-state index contributed by atoms with van der Waals surface area (Å²) in [6.45, 7) is 4.12. The Morgan fingerprint density at radius 2 is 2.00 bits per heavy atom. The van der Waals surface area contributed by atoms with Gasteiger partial charge in [-0.1, -0.05) is 22.0 Å². The Morgan fingerprint density at radius 3 is 2.53 bits per heavy atom. The molecule has 0 aliphatic carbocycles. The SMILES string of the molecule is CN(C)CC1CCN(c2ccc(CN)c(Br)c2)CC1. The average Bonchev–Trinajstić information content (AvgIpc) is 2.39. The summed E-state index contributed by atoms with van der Waals surface area (Å²) in [6, 6.07) is 6.53. The van der Waals surface area contributed by atoms with Gasteiger partial charge in [0.05, 0.1) is 0 Å². The van der Waals surface area contributed by atoms with E-state index in [0.29, 0.717) is 6.54 Å². The molecule has 0 bridgehead atoms. The van der Waals surface area contributed by atoms with E-state index in [9.17, 15) is 0 Å². The molecule has 0 unspecified atom stereocenters. The summed E-state index contributed by atoms with van der Waals surface area (Å²) in [5, 5.41) is 0. The Balaban J connectivity index is 1.96. The number of hydrogen-bond donors (Lipinski definition) is 1. The van der Waals surface area contributed by atoms with Gasteiger partial charge in [-0.25, -0.2) is 0 Å². The molecular formula is C15H24BrN3. The van der Waals surface area contributed by atoms with Crippen molar-refractivity contribution >= 4 is 21.6 Å². The van der Waals surface area contributed by atoms with Crippen molar-refractivity contribution in [1.29, 1.82) is 0 Å². The third kappa shape index (κ3) is 3.94. The first-order valence-corrected chi connectivity index (χ1v) is 7.77. The molecule has 0 amide bonds. The van der Waals surface area contributed by atoms with E-state index in [2.05, 4.69) is 58.0 Å². The lowest BCUT2D eigenvalue weighted by Crippen LogP contribution is -2.37. The van der Waals surface area contributed by atoms with Crippen molar-refractivity contribution in [3.8, 4) is 0 Å². The molecule has 1 aromatic carbocycles. The molecule has 0 aromatic heterocycles. The van der Waals surface area contributed by atoms with E-state index in [1.807, 2.05) is 0 Å². The lowest BCUT2D eigenvalue weighted by Gasteiger charge is -2.35. The lowest BCUT2D eigenvalue weighted by atomic mass is 9.96. The van der Waals surface area contributed by atoms with Crippen molar-refractivity contribution in [3.05, 3.63) is 28.2 Å². The first kappa shape index (κ1) is 14.8. The van der Waals surface area contributed by atoms with Crippen LogP contribution in [0.3, 0.4) is 0 Å². The first-order valence-electron chi connectivity index (χ1n) is 6.98. The second-order valence-corrected chi connectivity index (χ2v) is 6.53. The Kier molecular flexibility index (Phi) is 5.25. The highest BCUT2D eigenvalue weighted by molar-refractivity contribution is 9.10.